The van der Waals surface area contributed by atoms with Gasteiger partial charge in [-0.25, -0.2) is 0 Å². The summed E-state index contributed by atoms with van der Waals surface area (Å²) in [5.74, 6) is 0. The van der Waals surface area contributed by atoms with E-state index in [2.05, 4.69) is 31.2 Å². The molecule has 5 heteroatoms. The number of thioether (sulfide) groups is 1. The number of benzene rings is 1. The Balaban J connectivity index is 2.72. The minimum Gasteiger partial charge on any atom is -0.380 e. The summed E-state index contributed by atoms with van der Waals surface area (Å²) in [5.41, 5.74) is 1.04. The first-order valence-corrected chi connectivity index (χ1v) is 11.2. The molecule has 1 aromatic carbocycles. The second-order valence-corrected chi connectivity index (χ2v) is 12.1. The van der Waals surface area contributed by atoms with Crippen LogP contribution in [0.4, 0.5) is 5.69 Å². The Morgan fingerprint density at radius 2 is 1.78 bits per heavy atom. The van der Waals surface area contributed by atoms with Gasteiger partial charge in [-0.05, 0) is 35.0 Å². The Kier molecular flexibility index (Phi) is 6.12. The third kappa shape index (κ3) is 4.88. The molecule has 0 saturated heterocycles. The zero-order valence-electron chi connectivity index (χ0n) is 11.2. The third-order valence-electron chi connectivity index (χ3n) is 2.42. The molecule has 0 atom stereocenters. The zero-order valence-corrected chi connectivity index (χ0v) is 14.5. The molecular weight excluding hydrogens is 301 g/mol. The Morgan fingerprint density at radius 3 is 2.22 bits per heavy atom. The lowest BCUT2D eigenvalue weighted by atomic mass is 10.3. The van der Waals surface area contributed by atoms with Crippen LogP contribution in [0.25, 0.3) is 0 Å². The molecule has 0 heterocycles. The van der Waals surface area contributed by atoms with Gasteiger partial charge in [0, 0.05) is 15.7 Å². The Hall–Kier alpha value is -0.0931. The highest BCUT2D eigenvalue weighted by Gasteiger charge is 2.22. The van der Waals surface area contributed by atoms with Gasteiger partial charge in [-0.2, -0.15) is 0 Å². The first-order chi connectivity index (χ1) is 8.34. The minimum absolute atomic E-state index is 0.670. The van der Waals surface area contributed by atoms with Gasteiger partial charge in [0.1, 0.15) is 0 Å². The molecule has 0 bridgehead atoms. The second-order valence-electron chi connectivity index (χ2n) is 5.05. The van der Waals surface area contributed by atoms with Crippen molar-refractivity contribution in [3.05, 3.63) is 38.8 Å². The summed E-state index contributed by atoms with van der Waals surface area (Å²) in [6.45, 7) is 7.60. The highest BCUT2D eigenvalue weighted by molar-refractivity contribution is 8.04. The first-order valence-electron chi connectivity index (χ1n) is 5.77. The fourth-order valence-corrected chi connectivity index (χ4v) is 6.57. The molecule has 0 aliphatic rings. The molecule has 0 fully saturated rings. The summed E-state index contributed by atoms with van der Waals surface area (Å²) in [6.07, 6.45) is 2.10. The van der Waals surface area contributed by atoms with Crippen LogP contribution in [0.1, 0.15) is 0 Å². The molecule has 0 aliphatic carbocycles. The van der Waals surface area contributed by atoms with Gasteiger partial charge in [0.2, 0.25) is 0 Å². The van der Waals surface area contributed by atoms with Crippen molar-refractivity contribution in [1.29, 1.82) is 0 Å². The molecule has 0 aliphatic heterocycles. The normalized spacial score (nSPS) is 13.2. The number of hydrogen-bond acceptors (Lipinski definition) is 2. The van der Waals surface area contributed by atoms with Crippen LogP contribution in [0, 0.1) is 0 Å². The molecular formula is C13H19Cl2NSSi. The first kappa shape index (κ1) is 16.0. The molecule has 0 spiro atoms. The zero-order chi connectivity index (χ0) is 13.8. The van der Waals surface area contributed by atoms with Crippen molar-refractivity contribution < 1.29 is 0 Å². The van der Waals surface area contributed by atoms with Crippen molar-refractivity contribution in [1.82, 2.24) is 0 Å². The van der Waals surface area contributed by atoms with Crippen molar-refractivity contribution in [2.75, 3.05) is 18.1 Å². The third-order valence-corrected chi connectivity index (χ3v) is 8.04. The van der Waals surface area contributed by atoms with E-state index in [1.807, 2.05) is 24.3 Å². The maximum atomic E-state index is 6.42. The lowest BCUT2D eigenvalue weighted by Gasteiger charge is -2.21. The van der Waals surface area contributed by atoms with Crippen LogP contribution in [-0.2, 0) is 0 Å². The van der Waals surface area contributed by atoms with Crippen LogP contribution >= 0.6 is 35.0 Å². The topological polar surface area (TPSA) is 12.0 Å². The number of nitrogens with one attached hydrogen (secondary N) is 1. The highest BCUT2D eigenvalue weighted by atomic mass is 35.5. The molecule has 0 amide bonds. The van der Waals surface area contributed by atoms with Crippen molar-refractivity contribution in [3.8, 4) is 0 Å². The van der Waals surface area contributed by atoms with Crippen molar-refractivity contribution in [3.63, 3.8) is 0 Å². The summed E-state index contributed by atoms with van der Waals surface area (Å²) in [4.78, 5) is 0. The maximum absolute atomic E-state index is 6.42. The average Bonchev–Trinajstić information content (AvgIpc) is 2.27. The van der Waals surface area contributed by atoms with E-state index in [-0.39, 0.29) is 0 Å². The van der Waals surface area contributed by atoms with Gasteiger partial charge in [0.05, 0.1) is 14.6 Å². The number of anilines is 1. The summed E-state index contributed by atoms with van der Waals surface area (Å²) in [6, 6.07) is 7.66. The fraction of sp³-hybridized carbons (Fsp3) is 0.385. The Morgan fingerprint density at radius 1 is 1.22 bits per heavy atom. The minimum atomic E-state index is -1.35. The van der Waals surface area contributed by atoms with Crippen molar-refractivity contribution in [2.24, 2.45) is 0 Å². The second kappa shape index (κ2) is 6.90. The quantitative estimate of drug-likeness (QED) is 0.725. The molecule has 0 saturated carbocycles. The van der Waals surface area contributed by atoms with E-state index in [1.165, 1.54) is 4.53 Å². The van der Waals surface area contributed by atoms with Crippen molar-refractivity contribution in [2.45, 2.75) is 19.6 Å². The SMILES string of the molecule is CS/C(=C(/Cl)CNc1ccc(Cl)cc1)[Si](C)(C)C. The molecule has 100 valence electrons. The summed E-state index contributed by atoms with van der Waals surface area (Å²) >= 11 is 14.0. The molecule has 0 aromatic heterocycles. The number of hydrogen-bond donors (Lipinski definition) is 1. The molecule has 1 nitrogen and oxygen atoms in total. The van der Waals surface area contributed by atoms with Crippen LogP contribution in [-0.4, -0.2) is 20.9 Å². The summed E-state index contributed by atoms with van der Waals surface area (Å²) in [5, 5.41) is 4.99. The standard InChI is InChI=1S/C13H19Cl2NSSi/c1-17-13(18(2,3)4)12(15)9-16-11-7-5-10(14)6-8-11/h5-8,16H,9H2,1-4H3/b13-12-. The lowest BCUT2D eigenvalue weighted by Crippen LogP contribution is -2.24. The molecule has 1 N–H and O–H groups in total. The van der Waals surface area contributed by atoms with Crippen molar-refractivity contribution >= 4 is 48.7 Å². The molecule has 0 unspecified atom stereocenters. The van der Waals surface area contributed by atoms with Crippen LogP contribution < -0.4 is 5.32 Å². The lowest BCUT2D eigenvalue weighted by molar-refractivity contribution is 1.30. The number of halogens is 2. The average molecular weight is 320 g/mol. The van der Waals surface area contributed by atoms with Gasteiger partial charge in [-0.1, -0.05) is 42.8 Å². The molecule has 1 rings (SSSR count). The van der Waals surface area contributed by atoms with E-state index >= 15 is 0 Å². The van der Waals surface area contributed by atoms with Crippen LogP contribution in [0.2, 0.25) is 24.7 Å². The fourth-order valence-electron chi connectivity index (χ4n) is 1.65. The van der Waals surface area contributed by atoms with Gasteiger partial charge in [0.15, 0.2) is 0 Å². The van der Waals surface area contributed by atoms with Crippen LogP contribution in [0.5, 0.6) is 0 Å². The van der Waals surface area contributed by atoms with Gasteiger partial charge in [-0.15, -0.1) is 11.8 Å². The van der Waals surface area contributed by atoms with Gasteiger partial charge in [-0.3, -0.25) is 0 Å². The van der Waals surface area contributed by atoms with Crippen LogP contribution in [0.3, 0.4) is 0 Å². The van der Waals surface area contributed by atoms with Gasteiger partial charge in [0.25, 0.3) is 0 Å². The molecule has 0 radical (unpaired) electrons. The molecule has 1 aromatic rings. The molecule has 18 heavy (non-hydrogen) atoms. The van der Waals surface area contributed by atoms with E-state index in [4.69, 9.17) is 23.2 Å². The maximum Gasteiger partial charge on any atom is 0.0873 e. The largest absolute Gasteiger partial charge is 0.380 e. The van der Waals surface area contributed by atoms with E-state index in [1.54, 1.807) is 11.8 Å². The number of rotatable bonds is 5. The predicted octanol–water partition coefficient (Wildman–Crippen LogP) is 5.44. The van der Waals surface area contributed by atoms with Gasteiger partial charge >= 0.3 is 0 Å². The van der Waals surface area contributed by atoms with E-state index in [0.29, 0.717) is 6.54 Å². The predicted molar refractivity (Wildman–Crippen MR) is 89.7 cm³/mol. The Labute approximate surface area is 125 Å². The smallest absolute Gasteiger partial charge is 0.0873 e. The van der Waals surface area contributed by atoms with E-state index < -0.39 is 8.07 Å². The van der Waals surface area contributed by atoms with E-state index in [9.17, 15) is 0 Å². The summed E-state index contributed by atoms with van der Waals surface area (Å²) in [7, 11) is -1.35. The van der Waals surface area contributed by atoms with Crippen LogP contribution in [0.15, 0.2) is 33.8 Å². The highest BCUT2D eigenvalue weighted by Crippen LogP contribution is 2.30. The Bertz CT molecular complexity index is 424. The summed E-state index contributed by atoms with van der Waals surface area (Å²) < 4.78 is 1.35. The van der Waals surface area contributed by atoms with Gasteiger partial charge < -0.3 is 5.32 Å². The monoisotopic (exact) mass is 319 g/mol. The van der Waals surface area contributed by atoms with E-state index in [0.717, 1.165) is 15.7 Å².